The largest absolute Gasteiger partial charge is 0.453 e. The molecule has 3 rings (SSSR count). The van der Waals surface area contributed by atoms with Gasteiger partial charge in [0.25, 0.3) is 5.91 Å². The smallest absolute Gasteiger partial charge is 0.381 e. The molecule has 1 fully saturated rings. The number of nitrogens with one attached hydrogen (secondary N) is 1. The van der Waals surface area contributed by atoms with Crippen LogP contribution in [0.15, 0.2) is 41.6 Å². The molecule has 0 bridgehead atoms. The molecule has 2 N–H and O–H groups in total. The Kier molecular flexibility index (Phi) is 7.24. The maximum atomic E-state index is 13.2. The van der Waals surface area contributed by atoms with Gasteiger partial charge in [-0.1, -0.05) is 12.1 Å². The van der Waals surface area contributed by atoms with Crippen molar-refractivity contribution in [2.24, 2.45) is 0 Å². The van der Waals surface area contributed by atoms with Crippen molar-refractivity contribution < 1.29 is 45.1 Å². The number of hydroxylamine groups is 1. The second-order valence-corrected chi connectivity index (χ2v) is 9.93. The van der Waals surface area contributed by atoms with Crippen LogP contribution in [0, 0.1) is 0 Å². The van der Waals surface area contributed by atoms with Crippen molar-refractivity contribution in [1.82, 2.24) is 15.4 Å². The standard InChI is InChI=1S/C20H20F5N3O5S/c21-19(22,20(23,24)25)6-5-16-26-11-14(12-27-16)13-1-3-15(4-2-13)34(31,32)18(17(29)28-30)7-9-33-10-8-18/h1-4,11-12,30H,5-10H2,(H,28,29). The topological polar surface area (TPSA) is 118 Å². The predicted molar refractivity (Wildman–Crippen MR) is 107 cm³/mol. The Morgan fingerprint density at radius 1 is 1.03 bits per heavy atom. The molecule has 1 aromatic heterocycles. The van der Waals surface area contributed by atoms with E-state index in [-0.39, 0.29) is 36.8 Å². The van der Waals surface area contributed by atoms with E-state index in [9.17, 15) is 35.2 Å². The molecule has 1 amide bonds. The molecule has 0 saturated carbocycles. The third-order valence-corrected chi connectivity index (χ3v) is 8.13. The average molecular weight is 509 g/mol. The number of aromatic nitrogens is 2. The summed E-state index contributed by atoms with van der Waals surface area (Å²) in [6.07, 6.45) is -5.69. The molecule has 14 heteroatoms. The van der Waals surface area contributed by atoms with Gasteiger partial charge in [-0.25, -0.2) is 23.9 Å². The van der Waals surface area contributed by atoms with Crippen molar-refractivity contribution in [3.05, 3.63) is 42.5 Å². The summed E-state index contributed by atoms with van der Waals surface area (Å²) in [7, 11) is -4.22. The third-order valence-electron chi connectivity index (χ3n) is 5.61. The molecule has 34 heavy (non-hydrogen) atoms. The highest BCUT2D eigenvalue weighted by molar-refractivity contribution is 7.93. The van der Waals surface area contributed by atoms with Crippen LogP contribution in [0.1, 0.15) is 25.1 Å². The van der Waals surface area contributed by atoms with E-state index < -0.39 is 45.4 Å². The van der Waals surface area contributed by atoms with E-state index in [0.29, 0.717) is 11.1 Å². The molecule has 1 aromatic carbocycles. The molecule has 0 atom stereocenters. The second kappa shape index (κ2) is 9.50. The van der Waals surface area contributed by atoms with Crippen LogP contribution in [0.4, 0.5) is 22.0 Å². The number of benzene rings is 1. The van der Waals surface area contributed by atoms with Crippen LogP contribution in [0.5, 0.6) is 0 Å². The SMILES string of the molecule is O=C(NO)C1(S(=O)(=O)c2ccc(-c3cnc(CCC(F)(F)C(F)(F)F)nc3)cc2)CCOCC1. The maximum absolute atomic E-state index is 13.2. The Balaban J connectivity index is 1.78. The fourth-order valence-electron chi connectivity index (χ4n) is 3.52. The van der Waals surface area contributed by atoms with Crippen LogP contribution in [-0.2, 0) is 25.8 Å². The number of nitrogens with zero attached hydrogens (tertiary/aromatic N) is 2. The van der Waals surface area contributed by atoms with Gasteiger partial charge in [0, 0.05) is 44.0 Å². The second-order valence-electron chi connectivity index (χ2n) is 7.67. The lowest BCUT2D eigenvalue weighted by atomic mass is 9.98. The first-order chi connectivity index (χ1) is 15.8. The minimum absolute atomic E-state index is 0.0172. The number of alkyl halides is 5. The number of hydrogen-bond donors (Lipinski definition) is 2. The lowest BCUT2D eigenvalue weighted by Gasteiger charge is -2.34. The number of rotatable bonds is 7. The van der Waals surface area contributed by atoms with E-state index >= 15 is 0 Å². The number of carbonyl (C=O) groups excluding carboxylic acids is 1. The summed E-state index contributed by atoms with van der Waals surface area (Å²) in [4.78, 5) is 19.7. The fourth-order valence-corrected chi connectivity index (χ4v) is 5.46. The molecule has 1 saturated heterocycles. The van der Waals surface area contributed by atoms with Crippen LogP contribution in [0.25, 0.3) is 11.1 Å². The molecule has 1 aliphatic rings. The summed E-state index contributed by atoms with van der Waals surface area (Å²) in [6.45, 7) is 0.0344. The van der Waals surface area contributed by atoms with Crippen molar-refractivity contribution in [1.29, 1.82) is 0 Å². The number of hydrogen-bond acceptors (Lipinski definition) is 7. The van der Waals surface area contributed by atoms with Crippen LogP contribution >= 0.6 is 0 Å². The first-order valence-corrected chi connectivity index (χ1v) is 11.5. The zero-order chi connectivity index (χ0) is 25.2. The third kappa shape index (κ3) is 4.88. The summed E-state index contributed by atoms with van der Waals surface area (Å²) in [5, 5.41) is 9.08. The number of amides is 1. The monoisotopic (exact) mass is 509 g/mol. The highest BCUT2D eigenvalue weighted by Crippen LogP contribution is 2.39. The Morgan fingerprint density at radius 2 is 1.59 bits per heavy atom. The molecule has 0 radical (unpaired) electrons. The summed E-state index contributed by atoms with van der Waals surface area (Å²) in [6, 6.07) is 5.33. The Morgan fingerprint density at radius 3 is 2.09 bits per heavy atom. The predicted octanol–water partition coefficient (Wildman–Crippen LogP) is 3.10. The van der Waals surface area contributed by atoms with Crippen molar-refractivity contribution in [2.45, 2.75) is 47.4 Å². The van der Waals surface area contributed by atoms with Gasteiger partial charge in [-0.05, 0) is 30.5 Å². The summed E-state index contributed by atoms with van der Waals surface area (Å²) < 4.78 is 92.6. The molecule has 0 aliphatic carbocycles. The highest BCUT2D eigenvalue weighted by atomic mass is 32.2. The molecular weight excluding hydrogens is 489 g/mol. The first-order valence-electron chi connectivity index (χ1n) is 9.97. The Labute approximate surface area is 191 Å². The number of aryl methyl sites for hydroxylation is 1. The van der Waals surface area contributed by atoms with E-state index in [2.05, 4.69) is 9.97 Å². The van der Waals surface area contributed by atoms with Crippen LogP contribution in [0.2, 0.25) is 0 Å². The van der Waals surface area contributed by atoms with Crippen LogP contribution < -0.4 is 5.48 Å². The van der Waals surface area contributed by atoms with Crippen molar-refractivity contribution >= 4 is 15.7 Å². The van der Waals surface area contributed by atoms with Crippen LogP contribution in [-0.4, -0.2) is 59.6 Å². The summed E-state index contributed by atoms with van der Waals surface area (Å²) in [5.74, 6) is -6.12. The van der Waals surface area contributed by atoms with E-state index in [1.54, 1.807) is 0 Å². The Bertz CT molecular complexity index is 1120. The number of carbonyl (C=O) groups is 1. The minimum Gasteiger partial charge on any atom is -0.381 e. The van der Waals surface area contributed by atoms with Crippen LogP contribution in [0.3, 0.4) is 0 Å². The van der Waals surface area contributed by atoms with E-state index in [4.69, 9.17) is 9.94 Å². The molecule has 8 nitrogen and oxygen atoms in total. The molecule has 2 heterocycles. The average Bonchev–Trinajstić information content (AvgIpc) is 2.82. The Hall–Kier alpha value is -2.71. The molecule has 186 valence electrons. The molecule has 1 aliphatic heterocycles. The van der Waals surface area contributed by atoms with Gasteiger partial charge < -0.3 is 4.74 Å². The zero-order valence-electron chi connectivity index (χ0n) is 17.5. The van der Waals surface area contributed by atoms with Gasteiger partial charge in [0.15, 0.2) is 14.6 Å². The van der Waals surface area contributed by atoms with Gasteiger partial charge in [-0.15, -0.1) is 0 Å². The molecule has 2 aromatic rings. The number of sulfone groups is 1. The van der Waals surface area contributed by atoms with Gasteiger partial charge in [0.1, 0.15) is 5.82 Å². The molecule has 0 unspecified atom stereocenters. The normalized spacial score (nSPS) is 16.8. The van der Waals surface area contributed by atoms with Gasteiger partial charge in [0.2, 0.25) is 0 Å². The molecular formula is C20H20F5N3O5S. The van der Waals surface area contributed by atoms with E-state index in [1.807, 2.05) is 0 Å². The van der Waals surface area contributed by atoms with Gasteiger partial charge >= 0.3 is 12.1 Å². The van der Waals surface area contributed by atoms with E-state index in [1.165, 1.54) is 42.1 Å². The zero-order valence-corrected chi connectivity index (χ0v) is 18.3. The fraction of sp³-hybridized carbons (Fsp3) is 0.450. The number of ether oxygens (including phenoxy) is 1. The van der Waals surface area contributed by atoms with Gasteiger partial charge in [-0.2, -0.15) is 22.0 Å². The van der Waals surface area contributed by atoms with Crippen molar-refractivity contribution in [3.8, 4) is 11.1 Å². The number of halogens is 5. The van der Waals surface area contributed by atoms with Gasteiger partial charge in [0.05, 0.1) is 4.90 Å². The van der Waals surface area contributed by atoms with Crippen molar-refractivity contribution in [3.63, 3.8) is 0 Å². The maximum Gasteiger partial charge on any atom is 0.453 e. The summed E-state index contributed by atoms with van der Waals surface area (Å²) >= 11 is 0. The quantitative estimate of drug-likeness (QED) is 0.335. The highest BCUT2D eigenvalue weighted by Gasteiger charge is 2.56. The van der Waals surface area contributed by atoms with E-state index in [0.717, 1.165) is 0 Å². The summed E-state index contributed by atoms with van der Waals surface area (Å²) in [5.41, 5.74) is 2.23. The lowest BCUT2D eigenvalue weighted by molar-refractivity contribution is -0.284. The minimum atomic E-state index is -5.66. The first kappa shape index (κ1) is 25.9. The van der Waals surface area contributed by atoms with Gasteiger partial charge in [-0.3, -0.25) is 10.0 Å². The molecule has 0 spiro atoms. The van der Waals surface area contributed by atoms with Crippen molar-refractivity contribution in [2.75, 3.05) is 13.2 Å². The lowest BCUT2D eigenvalue weighted by Crippen LogP contribution is -2.54.